The smallest absolute Gasteiger partial charge is 0.252 e. The van der Waals surface area contributed by atoms with Crippen LogP contribution in [0.15, 0.2) is 50.6 Å². The Morgan fingerprint density at radius 3 is 2.96 bits per heavy atom. The van der Waals surface area contributed by atoms with E-state index in [2.05, 4.69) is 5.32 Å². The molecule has 0 radical (unpaired) electrons. The third kappa shape index (κ3) is 4.63. The van der Waals surface area contributed by atoms with Crippen molar-refractivity contribution in [1.29, 1.82) is 0 Å². The van der Waals surface area contributed by atoms with Gasteiger partial charge in [-0.2, -0.15) is 4.31 Å². The molecule has 0 bridgehead atoms. The van der Waals surface area contributed by atoms with Crippen molar-refractivity contribution in [3.63, 3.8) is 0 Å². The summed E-state index contributed by atoms with van der Waals surface area (Å²) < 4.78 is 32.8. The first-order valence-electron chi connectivity index (χ1n) is 8.62. The molecule has 1 N–H and O–H groups in total. The van der Waals surface area contributed by atoms with Crippen molar-refractivity contribution in [2.45, 2.75) is 35.9 Å². The molecule has 2 aromatic rings. The fraction of sp³-hybridized carbons (Fsp3) is 0.389. The summed E-state index contributed by atoms with van der Waals surface area (Å²) in [4.78, 5) is 11.9. The van der Waals surface area contributed by atoms with E-state index in [1.54, 1.807) is 46.3 Å². The largest absolute Gasteiger partial charge is 0.465 e. The third-order valence-corrected chi connectivity index (χ3v) is 7.67. The van der Waals surface area contributed by atoms with Crippen molar-refractivity contribution in [1.82, 2.24) is 9.62 Å². The Balaban J connectivity index is 1.55. The summed E-state index contributed by atoms with van der Waals surface area (Å²) in [5.41, 5.74) is 0. The van der Waals surface area contributed by atoms with Gasteiger partial charge in [-0.15, -0.1) is 11.3 Å². The summed E-state index contributed by atoms with van der Waals surface area (Å²) >= 11 is 1.24. The fourth-order valence-corrected chi connectivity index (χ4v) is 5.91. The Morgan fingerprint density at radius 2 is 2.23 bits per heavy atom. The lowest BCUT2D eigenvalue weighted by atomic mass is 10.0. The Labute approximate surface area is 157 Å². The Kier molecular flexibility index (Phi) is 6.29. The molecule has 1 fully saturated rings. The van der Waals surface area contributed by atoms with E-state index in [0.717, 1.165) is 19.3 Å². The van der Waals surface area contributed by atoms with E-state index in [9.17, 15) is 13.2 Å². The topological polar surface area (TPSA) is 79.6 Å². The highest BCUT2D eigenvalue weighted by atomic mass is 32.2. The number of carbonyl (C=O) groups is 1. The van der Waals surface area contributed by atoms with Gasteiger partial charge in [0, 0.05) is 25.2 Å². The van der Waals surface area contributed by atoms with E-state index in [1.807, 2.05) is 0 Å². The van der Waals surface area contributed by atoms with Crippen molar-refractivity contribution in [3.05, 3.63) is 47.7 Å². The van der Waals surface area contributed by atoms with Crippen LogP contribution in [0.2, 0.25) is 0 Å². The molecule has 26 heavy (non-hydrogen) atoms. The molecule has 3 rings (SSSR count). The van der Waals surface area contributed by atoms with Crippen molar-refractivity contribution >= 4 is 33.3 Å². The Morgan fingerprint density at radius 1 is 1.35 bits per heavy atom. The molecule has 140 valence electrons. The van der Waals surface area contributed by atoms with Gasteiger partial charge in [-0.3, -0.25) is 4.79 Å². The minimum absolute atomic E-state index is 0.0785. The van der Waals surface area contributed by atoms with E-state index >= 15 is 0 Å². The van der Waals surface area contributed by atoms with Gasteiger partial charge in [-0.1, -0.05) is 12.5 Å². The number of amides is 1. The van der Waals surface area contributed by atoms with Crippen LogP contribution in [0.25, 0.3) is 6.08 Å². The predicted octanol–water partition coefficient (Wildman–Crippen LogP) is 3.10. The third-order valence-electron chi connectivity index (χ3n) is 4.35. The first kappa shape index (κ1) is 18.9. The second kappa shape index (κ2) is 8.66. The highest BCUT2D eigenvalue weighted by Crippen LogP contribution is 2.28. The lowest BCUT2D eigenvalue weighted by Crippen LogP contribution is -2.44. The molecule has 0 saturated carbocycles. The van der Waals surface area contributed by atoms with E-state index < -0.39 is 10.0 Å². The van der Waals surface area contributed by atoms with Crippen LogP contribution in [0.1, 0.15) is 31.4 Å². The molecule has 0 spiro atoms. The van der Waals surface area contributed by atoms with Crippen LogP contribution < -0.4 is 5.32 Å². The molecule has 1 amide bonds. The molecule has 0 aliphatic carbocycles. The van der Waals surface area contributed by atoms with Gasteiger partial charge in [-0.25, -0.2) is 8.42 Å². The number of hydrogen-bond donors (Lipinski definition) is 1. The number of furan rings is 1. The highest BCUT2D eigenvalue weighted by Gasteiger charge is 2.33. The highest BCUT2D eigenvalue weighted by molar-refractivity contribution is 7.91. The summed E-state index contributed by atoms with van der Waals surface area (Å²) in [6, 6.07) is 6.84. The average molecular weight is 395 g/mol. The summed E-state index contributed by atoms with van der Waals surface area (Å²) in [6.07, 6.45) is 7.87. The van der Waals surface area contributed by atoms with E-state index in [4.69, 9.17) is 4.42 Å². The zero-order chi connectivity index (χ0) is 18.4. The second-order valence-corrected chi connectivity index (χ2v) is 9.19. The van der Waals surface area contributed by atoms with Gasteiger partial charge in [0.2, 0.25) is 5.91 Å². The maximum Gasteiger partial charge on any atom is 0.252 e. The SMILES string of the molecule is O=C(/C=C/c1ccco1)NCCC1CCCCN1S(=O)(=O)c1cccs1. The monoisotopic (exact) mass is 394 g/mol. The van der Waals surface area contributed by atoms with Gasteiger partial charge >= 0.3 is 0 Å². The van der Waals surface area contributed by atoms with Gasteiger partial charge in [0.15, 0.2) is 0 Å². The molecular formula is C18H22N2O4S2. The molecule has 1 saturated heterocycles. The maximum atomic E-state index is 12.8. The Hall–Kier alpha value is -1.90. The molecule has 0 aromatic carbocycles. The van der Waals surface area contributed by atoms with Crippen molar-refractivity contribution in [2.24, 2.45) is 0 Å². The van der Waals surface area contributed by atoms with Gasteiger partial charge in [-0.05, 0) is 48.9 Å². The van der Waals surface area contributed by atoms with Gasteiger partial charge in [0.05, 0.1) is 6.26 Å². The summed E-state index contributed by atoms with van der Waals surface area (Å²) in [5.74, 6) is 0.394. The van der Waals surface area contributed by atoms with Crippen molar-refractivity contribution < 1.29 is 17.6 Å². The molecule has 1 aliphatic rings. The van der Waals surface area contributed by atoms with Crippen molar-refractivity contribution in [3.8, 4) is 0 Å². The second-order valence-electron chi connectivity index (χ2n) is 6.13. The van der Waals surface area contributed by atoms with Gasteiger partial charge < -0.3 is 9.73 Å². The minimum atomic E-state index is -3.45. The minimum Gasteiger partial charge on any atom is -0.465 e. The normalized spacial score (nSPS) is 19.0. The number of thiophene rings is 1. The molecule has 1 unspecified atom stereocenters. The zero-order valence-corrected chi connectivity index (χ0v) is 16.0. The number of nitrogens with one attached hydrogen (secondary N) is 1. The number of piperidine rings is 1. The van der Waals surface area contributed by atoms with Crippen LogP contribution in [-0.4, -0.2) is 37.8 Å². The summed E-state index contributed by atoms with van der Waals surface area (Å²) in [6.45, 7) is 0.972. The van der Waals surface area contributed by atoms with Crippen molar-refractivity contribution in [2.75, 3.05) is 13.1 Å². The van der Waals surface area contributed by atoms with Crippen LogP contribution >= 0.6 is 11.3 Å². The summed E-state index contributed by atoms with van der Waals surface area (Å²) in [5, 5.41) is 4.59. The molecule has 3 heterocycles. The quantitative estimate of drug-likeness (QED) is 0.732. The average Bonchev–Trinajstić information content (AvgIpc) is 3.34. The number of sulfonamides is 1. The summed E-state index contributed by atoms with van der Waals surface area (Å²) in [7, 11) is -3.45. The predicted molar refractivity (Wildman–Crippen MR) is 101 cm³/mol. The standard InChI is InChI=1S/C18H22N2O4S2/c21-17(9-8-16-6-3-13-24-16)19-11-10-15-5-1-2-12-20(15)26(22,23)18-7-4-14-25-18/h3-4,6-9,13-15H,1-2,5,10-12H2,(H,19,21)/b9-8+. The van der Waals surface area contributed by atoms with Crippen LogP contribution in [0.5, 0.6) is 0 Å². The molecule has 1 atom stereocenters. The number of hydrogen-bond acceptors (Lipinski definition) is 5. The number of nitrogens with zero attached hydrogens (tertiary/aromatic N) is 1. The van der Waals surface area contributed by atoms with E-state index in [-0.39, 0.29) is 11.9 Å². The molecule has 1 aliphatic heterocycles. The van der Waals surface area contributed by atoms with Crippen LogP contribution in [0.3, 0.4) is 0 Å². The zero-order valence-electron chi connectivity index (χ0n) is 14.3. The van der Waals surface area contributed by atoms with E-state index in [1.165, 1.54) is 17.4 Å². The number of rotatable bonds is 7. The maximum absolute atomic E-state index is 12.8. The molecule has 8 heteroatoms. The fourth-order valence-electron chi connectivity index (χ4n) is 3.07. The lowest BCUT2D eigenvalue weighted by Gasteiger charge is -2.34. The molecule has 2 aromatic heterocycles. The Bertz CT molecular complexity index is 827. The van der Waals surface area contributed by atoms with Gasteiger partial charge in [0.1, 0.15) is 9.97 Å². The first-order chi connectivity index (χ1) is 12.6. The van der Waals surface area contributed by atoms with Crippen LogP contribution in [-0.2, 0) is 14.8 Å². The first-order valence-corrected chi connectivity index (χ1v) is 10.9. The molecule has 6 nitrogen and oxygen atoms in total. The van der Waals surface area contributed by atoms with Crippen LogP contribution in [0.4, 0.5) is 0 Å². The molecular weight excluding hydrogens is 372 g/mol. The van der Waals surface area contributed by atoms with Gasteiger partial charge in [0.25, 0.3) is 10.0 Å². The van der Waals surface area contributed by atoms with E-state index in [0.29, 0.717) is 29.5 Å². The number of carbonyl (C=O) groups excluding carboxylic acids is 1. The van der Waals surface area contributed by atoms with Crippen LogP contribution in [0, 0.1) is 0 Å². The lowest BCUT2D eigenvalue weighted by molar-refractivity contribution is -0.116.